The van der Waals surface area contributed by atoms with Crippen LogP contribution >= 0.6 is 0 Å². The predicted molar refractivity (Wildman–Crippen MR) is 172 cm³/mol. The fraction of sp³-hybridized carbons (Fsp3) is 0.833. The summed E-state index contributed by atoms with van der Waals surface area (Å²) in [6, 6.07) is 0. The SMILES string of the molecule is C=CCOC(=O)C(CCCCCCCCCCCCCCCCCCCCCCC/C=C/CCCC)CC(=O)O. The van der Waals surface area contributed by atoms with Crippen LogP contribution in [-0.4, -0.2) is 23.7 Å². The van der Waals surface area contributed by atoms with Crippen LogP contribution < -0.4 is 0 Å². The van der Waals surface area contributed by atoms with Gasteiger partial charge in [0.15, 0.2) is 0 Å². The van der Waals surface area contributed by atoms with Crippen molar-refractivity contribution in [2.24, 2.45) is 5.92 Å². The van der Waals surface area contributed by atoms with E-state index in [0.717, 1.165) is 12.8 Å². The summed E-state index contributed by atoms with van der Waals surface area (Å²) in [6.07, 6.45) is 40.0. The summed E-state index contributed by atoms with van der Waals surface area (Å²) in [4.78, 5) is 23.0. The van der Waals surface area contributed by atoms with Crippen LogP contribution in [0.1, 0.15) is 180 Å². The second kappa shape index (κ2) is 31.9. The van der Waals surface area contributed by atoms with E-state index < -0.39 is 17.9 Å². The topological polar surface area (TPSA) is 63.6 Å². The number of ether oxygens (including phenoxy) is 1. The highest BCUT2D eigenvalue weighted by Gasteiger charge is 2.22. The Labute approximate surface area is 248 Å². The zero-order valence-corrected chi connectivity index (χ0v) is 26.5. The smallest absolute Gasteiger partial charge is 0.309 e. The van der Waals surface area contributed by atoms with Crippen LogP contribution in [0.5, 0.6) is 0 Å². The summed E-state index contributed by atoms with van der Waals surface area (Å²) in [7, 11) is 0. The fourth-order valence-electron chi connectivity index (χ4n) is 5.34. The minimum atomic E-state index is -0.941. The number of esters is 1. The number of rotatable bonds is 32. The number of carboxylic acids is 1. The fourth-order valence-corrected chi connectivity index (χ4v) is 5.34. The van der Waals surface area contributed by atoms with Crippen molar-refractivity contribution in [3.8, 4) is 0 Å². The molecule has 234 valence electrons. The van der Waals surface area contributed by atoms with E-state index in [0.29, 0.717) is 6.42 Å². The van der Waals surface area contributed by atoms with E-state index in [2.05, 4.69) is 25.7 Å². The Kier molecular flexibility index (Phi) is 30.7. The first-order valence-electron chi connectivity index (χ1n) is 17.3. The molecule has 0 saturated heterocycles. The average molecular weight is 563 g/mol. The average Bonchev–Trinajstić information content (AvgIpc) is 2.94. The summed E-state index contributed by atoms with van der Waals surface area (Å²) in [5, 5.41) is 9.03. The zero-order valence-electron chi connectivity index (χ0n) is 26.5. The molecule has 1 unspecified atom stereocenters. The van der Waals surface area contributed by atoms with Crippen molar-refractivity contribution in [1.29, 1.82) is 0 Å². The monoisotopic (exact) mass is 562 g/mol. The Hall–Kier alpha value is -1.58. The molecule has 0 heterocycles. The maximum absolute atomic E-state index is 12.0. The van der Waals surface area contributed by atoms with Gasteiger partial charge in [-0.05, 0) is 25.7 Å². The van der Waals surface area contributed by atoms with Gasteiger partial charge in [-0.2, -0.15) is 0 Å². The van der Waals surface area contributed by atoms with Crippen molar-refractivity contribution >= 4 is 11.9 Å². The van der Waals surface area contributed by atoms with E-state index in [1.165, 1.54) is 154 Å². The van der Waals surface area contributed by atoms with Gasteiger partial charge in [0.1, 0.15) is 6.61 Å². The highest BCUT2D eigenvalue weighted by molar-refractivity contribution is 5.79. The van der Waals surface area contributed by atoms with E-state index in [9.17, 15) is 9.59 Å². The lowest BCUT2D eigenvalue weighted by molar-refractivity contribution is -0.152. The maximum Gasteiger partial charge on any atom is 0.309 e. The van der Waals surface area contributed by atoms with Gasteiger partial charge in [-0.15, -0.1) is 0 Å². The molecule has 0 bridgehead atoms. The molecule has 4 nitrogen and oxygen atoms in total. The Morgan fingerprint density at radius 2 is 1.00 bits per heavy atom. The Morgan fingerprint density at radius 3 is 1.38 bits per heavy atom. The number of allylic oxidation sites excluding steroid dienone is 2. The lowest BCUT2D eigenvalue weighted by Crippen LogP contribution is -2.21. The summed E-state index contributed by atoms with van der Waals surface area (Å²) in [6.45, 7) is 5.93. The first kappa shape index (κ1) is 38.4. The first-order chi connectivity index (χ1) is 19.6. The summed E-state index contributed by atoms with van der Waals surface area (Å²) in [5.41, 5.74) is 0. The zero-order chi connectivity index (χ0) is 29.4. The molecule has 0 aliphatic rings. The minimum absolute atomic E-state index is 0.145. The quantitative estimate of drug-likeness (QED) is 0.0503. The molecule has 0 saturated carbocycles. The lowest BCUT2D eigenvalue weighted by atomic mass is 9.97. The molecule has 4 heteroatoms. The molecule has 0 aliphatic heterocycles. The van der Waals surface area contributed by atoms with Crippen LogP contribution in [0, 0.1) is 5.92 Å². The van der Waals surface area contributed by atoms with E-state index in [-0.39, 0.29) is 13.0 Å². The van der Waals surface area contributed by atoms with Gasteiger partial charge < -0.3 is 9.84 Å². The molecule has 0 aromatic carbocycles. The van der Waals surface area contributed by atoms with Gasteiger partial charge >= 0.3 is 11.9 Å². The molecule has 1 atom stereocenters. The Morgan fingerprint density at radius 1 is 0.625 bits per heavy atom. The van der Waals surface area contributed by atoms with Crippen molar-refractivity contribution in [3.05, 3.63) is 24.8 Å². The Balaban J connectivity index is 3.31. The maximum atomic E-state index is 12.0. The normalized spacial score (nSPS) is 12.1. The molecule has 0 aliphatic carbocycles. The van der Waals surface area contributed by atoms with E-state index >= 15 is 0 Å². The predicted octanol–water partition coefficient (Wildman–Crippen LogP) is 11.5. The molecular formula is C36H66O4. The third kappa shape index (κ3) is 29.4. The number of unbranched alkanes of at least 4 members (excludes halogenated alkanes) is 23. The van der Waals surface area contributed by atoms with Gasteiger partial charge in [0, 0.05) is 0 Å². The van der Waals surface area contributed by atoms with Gasteiger partial charge in [-0.25, -0.2) is 0 Å². The number of hydrogen-bond acceptors (Lipinski definition) is 3. The third-order valence-electron chi connectivity index (χ3n) is 7.91. The standard InChI is InChI=1S/C36H66O4/c1-3-5-6-7-8-9-10-11-12-13-14-15-16-17-18-19-20-21-22-23-24-25-26-27-28-29-30-31-34(33-35(37)38)36(39)40-32-4-2/h4,7-8,34H,2-3,5-6,9-33H2,1H3,(H,37,38)/b8-7+. The third-order valence-corrected chi connectivity index (χ3v) is 7.91. The van der Waals surface area contributed by atoms with Crippen LogP contribution in [0.3, 0.4) is 0 Å². The number of hydrogen-bond donors (Lipinski definition) is 1. The highest BCUT2D eigenvalue weighted by Crippen LogP contribution is 2.18. The summed E-state index contributed by atoms with van der Waals surface area (Å²) >= 11 is 0. The van der Waals surface area contributed by atoms with Crippen molar-refractivity contribution in [3.63, 3.8) is 0 Å². The van der Waals surface area contributed by atoms with E-state index in [1.807, 2.05) is 0 Å². The number of carbonyl (C=O) groups excluding carboxylic acids is 1. The molecule has 1 N–H and O–H groups in total. The van der Waals surface area contributed by atoms with Crippen LogP contribution in [0.4, 0.5) is 0 Å². The second-order valence-electron chi connectivity index (χ2n) is 11.8. The largest absolute Gasteiger partial charge is 0.481 e. The van der Waals surface area contributed by atoms with Crippen molar-refractivity contribution < 1.29 is 19.4 Å². The van der Waals surface area contributed by atoms with E-state index in [1.54, 1.807) is 0 Å². The molecule has 0 aromatic heterocycles. The van der Waals surface area contributed by atoms with Gasteiger partial charge in [-0.3, -0.25) is 9.59 Å². The van der Waals surface area contributed by atoms with Crippen LogP contribution in [0.25, 0.3) is 0 Å². The van der Waals surface area contributed by atoms with Crippen molar-refractivity contribution in [2.75, 3.05) is 6.61 Å². The lowest BCUT2D eigenvalue weighted by Gasteiger charge is -2.13. The van der Waals surface area contributed by atoms with Gasteiger partial charge in [-0.1, -0.05) is 173 Å². The first-order valence-corrected chi connectivity index (χ1v) is 17.3. The molecule has 0 fully saturated rings. The molecule has 0 amide bonds. The van der Waals surface area contributed by atoms with Crippen LogP contribution in [-0.2, 0) is 14.3 Å². The second-order valence-corrected chi connectivity index (χ2v) is 11.8. The molecule has 40 heavy (non-hydrogen) atoms. The molecule has 0 radical (unpaired) electrons. The number of carboxylic acid groups (broad SMARTS) is 1. The number of carbonyl (C=O) groups is 2. The minimum Gasteiger partial charge on any atom is -0.481 e. The van der Waals surface area contributed by atoms with Crippen LogP contribution in [0.15, 0.2) is 24.8 Å². The van der Waals surface area contributed by atoms with Crippen LogP contribution in [0.2, 0.25) is 0 Å². The van der Waals surface area contributed by atoms with E-state index in [4.69, 9.17) is 9.84 Å². The summed E-state index contributed by atoms with van der Waals surface area (Å²) in [5.74, 6) is -1.88. The molecule has 0 rings (SSSR count). The Bertz CT molecular complexity index is 598. The van der Waals surface area contributed by atoms with Gasteiger partial charge in [0.05, 0.1) is 12.3 Å². The summed E-state index contributed by atoms with van der Waals surface area (Å²) < 4.78 is 5.04. The molecule has 0 spiro atoms. The van der Waals surface area contributed by atoms with Crippen molar-refractivity contribution in [2.45, 2.75) is 180 Å². The molecular weight excluding hydrogens is 496 g/mol. The highest BCUT2D eigenvalue weighted by atomic mass is 16.5. The van der Waals surface area contributed by atoms with Gasteiger partial charge in [0.2, 0.25) is 0 Å². The van der Waals surface area contributed by atoms with Crippen molar-refractivity contribution in [1.82, 2.24) is 0 Å². The van der Waals surface area contributed by atoms with Gasteiger partial charge in [0.25, 0.3) is 0 Å². The molecule has 0 aromatic rings. The number of aliphatic carboxylic acids is 1.